The molecule has 0 bridgehead atoms. The summed E-state index contributed by atoms with van der Waals surface area (Å²) in [6, 6.07) is 7.28. The number of Topliss-reactive ketones (excluding diaryl/α,β-unsaturated/α-hetero) is 1. The van der Waals surface area contributed by atoms with Crippen LogP contribution in [0.25, 0.3) is 0 Å². The van der Waals surface area contributed by atoms with Crippen molar-refractivity contribution in [2.45, 2.75) is 42.3 Å². The number of halogens is 2. The van der Waals surface area contributed by atoms with E-state index in [1.165, 1.54) is 25.7 Å². The molecule has 0 N–H and O–H groups in total. The van der Waals surface area contributed by atoms with Gasteiger partial charge in [-0.1, -0.05) is 57.5 Å². The molecule has 1 aromatic rings. The van der Waals surface area contributed by atoms with E-state index in [0.29, 0.717) is 5.56 Å². The largest absolute Gasteiger partial charge is 0.494 e. The smallest absolute Gasteiger partial charge is 0.187 e. The summed E-state index contributed by atoms with van der Waals surface area (Å²) >= 11 is 6.42. The first-order valence-electron chi connectivity index (χ1n) is 7.69. The van der Waals surface area contributed by atoms with Crippen LogP contribution in [0.3, 0.4) is 0 Å². The number of rotatable bonds is 12. The zero-order valence-corrected chi connectivity index (χ0v) is 16.2. The molecule has 22 heavy (non-hydrogen) atoms. The molecular weight excluding hydrogens is 412 g/mol. The Kier molecular flexibility index (Phi) is 10.8. The van der Waals surface area contributed by atoms with E-state index in [-0.39, 0.29) is 9.52 Å². The summed E-state index contributed by atoms with van der Waals surface area (Å²) in [7, 11) is 1.75. The van der Waals surface area contributed by atoms with Crippen molar-refractivity contribution in [1.29, 1.82) is 0 Å². The van der Waals surface area contributed by atoms with Gasteiger partial charge in [0.2, 0.25) is 0 Å². The zero-order valence-electron chi connectivity index (χ0n) is 13.0. The summed E-state index contributed by atoms with van der Waals surface area (Å²) in [6.45, 7) is 1.59. The number of ketones is 1. The summed E-state index contributed by atoms with van der Waals surface area (Å²) < 4.78 is 10.4. The van der Waals surface area contributed by atoms with E-state index in [9.17, 15) is 4.79 Å². The van der Waals surface area contributed by atoms with Gasteiger partial charge in [-0.25, -0.2) is 0 Å². The molecule has 0 aliphatic carbocycles. The minimum atomic E-state index is -0.337. The lowest BCUT2D eigenvalue weighted by Gasteiger charge is -2.07. The highest BCUT2D eigenvalue weighted by atomic mass is 79.9. The monoisotopic (exact) mass is 434 g/mol. The molecule has 124 valence electrons. The molecule has 0 saturated carbocycles. The summed E-state index contributed by atoms with van der Waals surface area (Å²) in [5, 5.41) is 0. The van der Waals surface area contributed by atoms with Crippen LogP contribution in [0.5, 0.6) is 5.75 Å². The second-order valence-electron chi connectivity index (χ2n) is 5.15. The van der Waals surface area contributed by atoms with Crippen molar-refractivity contribution in [3.8, 4) is 5.75 Å². The molecule has 0 amide bonds. The minimum absolute atomic E-state index is 0.0139. The molecule has 0 radical (unpaired) electrons. The van der Waals surface area contributed by atoms with Crippen molar-refractivity contribution in [3.05, 3.63) is 29.8 Å². The van der Waals surface area contributed by atoms with Crippen molar-refractivity contribution in [3.63, 3.8) is 0 Å². The molecule has 3 nitrogen and oxygen atoms in total. The molecule has 1 rings (SSSR count). The predicted octanol–water partition coefficient (Wildman–Crippen LogP) is 5.35. The summed E-state index contributed by atoms with van der Waals surface area (Å²) in [5.74, 6) is 0.831. The van der Waals surface area contributed by atoms with E-state index in [0.717, 1.165) is 31.8 Å². The molecule has 0 heterocycles. The third kappa shape index (κ3) is 8.30. The Balaban J connectivity index is 2.11. The molecule has 0 aliphatic heterocycles. The van der Waals surface area contributed by atoms with Gasteiger partial charge in [-0.2, -0.15) is 0 Å². The predicted molar refractivity (Wildman–Crippen MR) is 97.5 cm³/mol. The Hall–Kier alpha value is -0.390. The Morgan fingerprint density at radius 1 is 0.955 bits per heavy atom. The van der Waals surface area contributed by atoms with Crippen molar-refractivity contribution in [1.82, 2.24) is 0 Å². The molecule has 0 saturated heterocycles. The van der Waals surface area contributed by atoms with Crippen LogP contribution in [0, 0.1) is 0 Å². The number of alkyl halides is 2. The maximum absolute atomic E-state index is 11.7. The quantitative estimate of drug-likeness (QED) is 0.252. The molecule has 0 aliphatic rings. The average Bonchev–Trinajstić information content (AvgIpc) is 2.53. The number of hydrogen-bond donors (Lipinski definition) is 0. The van der Waals surface area contributed by atoms with Gasteiger partial charge < -0.3 is 9.47 Å². The first kappa shape index (κ1) is 19.7. The number of benzene rings is 1. The number of unbranched alkanes of at least 4 members (excludes halogenated alkanes) is 5. The molecule has 5 heteroatoms. The summed E-state index contributed by atoms with van der Waals surface area (Å²) in [6.07, 6.45) is 7.17. The Bertz CT molecular complexity index is 418. The van der Waals surface area contributed by atoms with Gasteiger partial charge in [0.15, 0.2) is 5.78 Å². The zero-order chi connectivity index (χ0) is 16.2. The molecule has 0 aromatic heterocycles. The normalized spacial score (nSPS) is 10.9. The Morgan fingerprint density at radius 2 is 1.50 bits per heavy atom. The van der Waals surface area contributed by atoms with Gasteiger partial charge in [-0.15, -0.1) is 0 Å². The first-order chi connectivity index (χ1) is 10.6. The van der Waals surface area contributed by atoms with Gasteiger partial charge in [0, 0.05) is 19.3 Å². The lowest BCUT2D eigenvalue weighted by molar-refractivity contribution is 0.101. The molecule has 0 spiro atoms. The number of methoxy groups -OCH3 is 1. The van der Waals surface area contributed by atoms with Gasteiger partial charge in [0.1, 0.15) is 9.49 Å². The maximum Gasteiger partial charge on any atom is 0.187 e. The van der Waals surface area contributed by atoms with Crippen LogP contribution in [0.2, 0.25) is 0 Å². The molecule has 0 unspecified atom stereocenters. The van der Waals surface area contributed by atoms with E-state index < -0.39 is 0 Å². The average molecular weight is 436 g/mol. The highest BCUT2D eigenvalue weighted by Crippen LogP contribution is 2.19. The number of carbonyl (C=O) groups excluding carboxylic acids is 1. The van der Waals surface area contributed by atoms with Crippen LogP contribution in [0.1, 0.15) is 48.9 Å². The van der Waals surface area contributed by atoms with E-state index in [2.05, 4.69) is 31.9 Å². The number of hydrogen-bond acceptors (Lipinski definition) is 3. The van der Waals surface area contributed by atoms with Crippen molar-refractivity contribution in [2.75, 3.05) is 20.3 Å². The van der Waals surface area contributed by atoms with E-state index in [1.807, 2.05) is 12.1 Å². The van der Waals surface area contributed by atoms with Crippen LogP contribution in [0.4, 0.5) is 0 Å². The SMILES string of the molecule is COCCCCCCCCOc1ccc(C(=O)C(Br)Br)cc1. The molecule has 1 aromatic carbocycles. The maximum atomic E-state index is 11.7. The molecule has 0 atom stereocenters. The summed E-state index contributed by atoms with van der Waals surface area (Å²) in [4.78, 5) is 11.7. The lowest BCUT2D eigenvalue weighted by Crippen LogP contribution is -2.06. The Labute approximate surface area is 150 Å². The fourth-order valence-electron chi connectivity index (χ4n) is 2.09. The second-order valence-corrected chi connectivity index (χ2v) is 8.21. The van der Waals surface area contributed by atoms with Crippen LogP contribution in [-0.2, 0) is 4.74 Å². The third-order valence-corrected chi connectivity index (χ3v) is 4.18. The highest BCUT2D eigenvalue weighted by molar-refractivity contribution is 9.25. The fourth-order valence-corrected chi connectivity index (χ4v) is 2.62. The van der Waals surface area contributed by atoms with E-state index in [4.69, 9.17) is 9.47 Å². The van der Waals surface area contributed by atoms with E-state index >= 15 is 0 Å². The highest BCUT2D eigenvalue weighted by Gasteiger charge is 2.12. The first-order valence-corrected chi connectivity index (χ1v) is 9.52. The van der Waals surface area contributed by atoms with Crippen LogP contribution in [0.15, 0.2) is 24.3 Å². The van der Waals surface area contributed by atoms with Crippen molar-refractivity contribution < 1.29 is 14.3 Å². The minimum Gasteiger partial charge on any atom is -0.494 e. The second kappa shape index (κ2) is 12.1. The van der Waals surface area contributed by atoms with Crippen molar-refractivity contribution in [2.24, 2.45) is 0 Å². The van der Waals surface area contributed by atoms with Gasteiger partial charge in [-0.3, -0.25) is 4.79 Å². The van der Waals surface area contributed by atoms with Crippen molar-refractivity contribution >= 4 is 37.6 Å². The van der Waals surface area contributed by atoms with Crippen LogP contribution < -0.4 is 4.74 Å². The number of carbonyl (C=O) groups is 1. The van der Waals surface area contributed by atoms with Crippen LogP contribution in [-0.4, -0.2) is 29.8 Å². The third-order valence-electron chi connectivity index (χ3n) is 3.35. The van der Waals surface area contributed by atoms with E-state index in [1.54, 1.807) is 19.2 Å². The van der Waals surface area contributed by atoms with Gasteiger partial charge in [-0.05, 0) is 37.1 Å². The van der Waals surface area contributed by atoms with Gasteiger partial charge in [0.05, 0.1) is 6.61 Å². The topological polar surface area (TPSA) is 35.5 Å². The Morgan fingerprint density at radius 3 is 2.05 bits per heavy atom. The molecule has 0 fully saturated rings. The number of ether oxygens (including phenoxy) is 2. The fraction of sp³-hybridized carbons (Fsp3) is 0.588. The van der Waals surface area contributed by atoms with Gasteiger partial charge >= 0.3 is 0 Å². The summed E-state index contributed by atoms with van der Waals surface area (Å²) in [5.41, 5.74) is 0.669. The lowest BCUT2D eigenvalue weighted by atomic mass is 10.1. The molecular formula is C17H24Br2O3. The van der Waals surface area contributed by atoms with Gasteiger partial charge in [0.25, 0.3) is 0 Å². The standard InChI is InChI=1S/C17H24Br2O3/c1-21-12-6-4-2-3-5-7-13-22-15-10-8-14(9-11-15)16(20)17(18)19/h8-11,17H,2-7,12-13H2,1H3. The van der Waals surface area contributed by atoms with Crippen LogP contribution >= 0.6 is 31.9 Å².